The second-order valence-electron chi connectivity index (χ2n) is 3.80. The fourth-order valence-electron chi connectivity index (χ4n) is 1.36. The highest BCUT2D eigenvalue weighted by Gasteiger charge is 2.04. The summed E-state index contributed by atoms with van der Waals surface area (Å²) in [5.74, 6) is -0.0793. The molecule has 1 aromatic carbocycles. The quantitative estimate of drug-likeness (QED) is 0.835. The summed E-state index contributed by atoms with van der Waals surface area (Å²) in [6, 6.07) is 7.08. The monoisotopic (exact) mass is 250 g/mol. The molecule has 0 saturated carbocycles. The lowest BCUT2D eigenvalue weighted by atomic mass is 10.1. The van der Waals surface area contributed by atoms with Crippen LogP contribution in [0.2, 0.25) is 0 Å². The van der Waals surface area contributed by atoms with E-state index in [-0.39, 0.29) is 5.91 Å². The van der Waals surface area contributed by atoms with Crippen LogP contribution in [0.15, 0.2) is 24.3 Å². The summed E-state index contributed by atoms with van der Waals surface area (Å²) in [6.07, 6.45) is 0.437. The Kier molecular flexibility index (Phi) is 5.70. The van der Waals surface area contributed by atoms with Crippen LogP contribution in [0.5, 0.6) is 0 Å². The van der Waals surface area contributed by atoms with Crippen LogP contribution in [0.3, 0.4) is 0 Å². The van der Waals surface area contributed by atoms with Crippen molar-refractivity contribution in [1.29, 1.82) is 0 Å². The van der Waals surface area contributed by atoms with Gasteiger partial charge in [-0.05, 0) is 24.1 Å². The van der Waals surface area contributed by atoms with Gasteiger partial charge in [-0.15, -0.1) is 0 Å². The van der Waals surface area contributed by atoms with Gasteiger partial charge in [0, 0.05) is 18.7 Å². The Hall–Kier alpha value is -2.04. The Labute approximate surface area is 107 Å². The van der Waals surface area contributed by atoms with Gasteiger partial charge in [0.1, 0.15) is 0 Å². The molecule has 98 valence electrons. The zero-order valence-electron chi connectivity index (χ0n) is 10.7. The first kappa shape index (κ1) is 14.0. The van der Waals surface area contributed by atoms with Crippen LogP contribution in [0.1, 0.15) is 29.3 Å². The first-order chi connectivity index (χ1) is 8.67. The smallest absolute Gasteiger partial charge is 0.407 e. The van der Waals surface area contributed by atoms with Gasteiger partial charge < -0.3 is 15.4 Å². The lowest BCUT2D eigenvalue weighted by Gasteiger charge is -2.06. The van der Waals surface area contributed by atoms with Crippen LogP contribution >= 0.6 is 0 Å². The highest BCUT2D eigenvalue weighted by atomic mass is 16.5. The summed E-state index contributed by atoms with van der Waals surface area (Å²) in [6.45, 7) is 3.05. The van der Waals surface area contributed by atoms with E-state index in [1.165, 1.54) is 7.11 Å². The average molecular weight is 250 g/mol. The maximum Gasteiger partial charge on any atom is 0.407 e. The molecule has 1 aromatic rings. The van der Waals surface area contributed by atoms with Gasteiger partial charge in [-0.3, -0.25) is 4.79 Å². The zero-order valence-corrected chi connectivity index (χ0v) is 10.7. The van der Waals surface area contributed by atoms with Gasteiger partial charge in [-0.2, -0.15) is 0 Å². The molecular weight excluding hydrogens is 232 g/mol. The lowest BCUT2D eigenvalue weighted by molar-refractivity contribution is 0.0953. The predicted octanol–water partition coefficient (Wildman–Crippen LogP) is 1.68. The Morgan fingerprint density at radius 2 is 1.83 bits per heavy atom. The highest BCUT2D eigenvalue weighted by Crippen LogP contribution is 2.04. The van der Waals surface area contributed by atoms with E-state index in [0.29, 0.717) is 18.7 Å². The van der Waals surface area contributed by atoms with Crippen molar-refractivity contribution < 1.29 is 14.3 Å². The number of amides is 2. The molecule has 0 spiro atoms. The molecular formula is C13H18N2O3. The van der Waals surface area contributed by atoms with Crippen molar-refractivity contribution in [3.63, 3.8) is 0 Å². The van der Waals surface area contributed by atoms with Crippen LogP contribution in [0.4, 0.5) is 4.79 Å². The Morgan fingerprint density at radius 3 is 2.39 bits per heavy atom. The van der Waals surface area contributed by atoms with E-state index in [9.17, 15) is 9.59 Å². The summed E-state index contributed by atoms with van der Waals surface area (Å²) in [5.41, 5.74) is 1.53. The van der Waals surface area contributed by atoms with Crippen LogP contribution in [0.25, 0.3) is 0 Å². The summed E-state index contributed by atoms with van der Waals surface area (Å²) in [4.78, 5) is 22.5. The van der Waals surface area contributed by atoms with E-state index < -0.39 is 6.09 Å². The second kappa shape index (κ2) is 7.32. The molecule has 1 rings (SSSR count). The number of hydrogen-bond acceptors (Lipinski definition) is 3. The topological polar surface area (TPSA) is 67.4 Å². The van der Waals surface area contributed by atoms with Crippen LogP contribution < -0.4 is 10.6 Å². The summed E-state index contributed by atoms with van der Waals surface area (Å²) in [5, 5.41) is 5.37. The highest BCUT2D eigenvalue weighted by molar-refractivity contribution is 5.94. The van der Waals surface area contributed by atoms with Crippen molar-refractivity contribution >= 4 is 12.0 Å². The molecule has 0 saturated heterocycles. The Balaban J connectivity index is 2.51. The molecule has 0 fully saturated rings. The fourth-order valence-corrected chi connectivity index (χ4v) is 1.36. The van der Waals surface area contributed by atoms with Gasteiger partial charge in [0.05, 0.1) is 7.11 Å². The van der Waals surface area contributed by atoms with Crippen LogP contribution in [0, 0.1) is 0 Å². The number of alkyl carbamates (subject to hydrolysis) is 1. The molecule has 0 bridgehead atoms. The SMILES string of the molecule is CCCNC(=O)c1ccc(CNC(=O)OC)cc1. The zero-order chi connectivity index (χ0) is 13.4. The van der Waals surface area contributed by atoms with Crippen molar-refractivity contribution in [3.8, 4) is 0 Å². The molecule has 0 aliphatic rings. The number of rotatable bonds is 5. The average Bonchev–Trinajstić information content (AvgIpc) is 2.42. The summed E-state index contributed by atoms with van der Waals surface area (Å²) in [7, 11) is 1.32. The standard InChI is InChI=1S/C13H18N2O3/c1-3-8-14-12(16)11-6-4-10(5-7-11)9-15-13(17)18-2/h4-7H,3,8-9H2,1-2H3,(H,14,16)(H,15,17). The van der Waals surface area contributed by atoms with Crippen molar-refractivity contribution in [2.75, 3.05) is 13.7 Å². The third kappa shape index (κ3) is 4.45. The van der Waals surface area contributed by atoms with E-state index in [2.05, 4.69) is 15.4 Å². The first-order valence-corrected chi connectivity index (χ1v) is 5.86. The van der Waals surface area contributed by atoms with Gasteiger partial charge >= 0.3 is 6.09 Å². The molecule has 18 heavy (non-hydrogen) atoms. The summed E-state index contributed by atoms with van der Waals surface area (Å²) < 4.78 is 4.46. The molecule has 0 aliphatic heterocycles. The van der Waals surface area contributed by atoms with E-state index in [4.69, 9.17) is 0 Å². The maximum absolute atomic E-state index is 11.6. The minimum absolute atomic E-state index is 0.0793. The molecule has 0 aromatic heterocycles. The largest absolute Gasteiger partial charge is 0.453 e. The number of benzene rings is 1. The number of carbonyl (C=O) groups excluding carboxylic acids is 2. The fraction of sp³-hybridized carbons (Fsp3) is 0.385. The third-order valence-electron chi connectivity index (χ3n) is 2.37. The molecule has 5 heteroatoms. The van der Waals surface area contributed by atoms with Gasteiger partial charge in [-0.25, -0.2) is 4.79 Å². The van der Waals surface area contributed by atoms with Crippen molar-refractivity contribution in [2.24, 2.45) is 0 Å². The number of ether oxygens (including phenoxy) is 1. The van der Waals surface area contributed by atoms with E-state index in [1.54, 1.807) is 24.3 Å². The molecule has 0 radical (unpaired) electrons. The summed E-state index contributed by atoms with van der Waals surface area (Å²) >= 11 is 0. The molecule has 0 aliphatic carbocycles. The minimum Gasteiger partial charge on any atom is -0.453 e. The van der Waals surface area contributed by atoms with Crippen LogP contribution in [-0.4, -0.2) is 25.7 Å². The number of carbonyl (C=O) groups is 2. The predicted molar refractivity (Wildman–Crippen MR) is 68.3 cm³/mol. The molecule has 2 amide bonds. The van der Waals surface area contributed by atoms with Crippen LogP contribution in [-0.2, 0) is 11.3 Å². The molecule has 0 unspecified atom stereocenters. The lowest BCUT2D eigenvalue weighted by Crippen LogP contribution is -2.24. The number of nitrogens with one attached hydrogen (secondary N) is 2. The van der Waals surface area contributed by atoms with E-state index in [0.717, 1.165) is 12.0 Å². The van der Waals surface area contributed by atoms with E-state index >= 15 is 0 Å². The van der Waals surface area contributed by atoms with Crippen molar-refractivity contribution in [2.45, 2.75) is 19.9 Å². The van der Waals surface area contributed by atoms with Gasteiger partial charge in [0.25, 0.3) is 5.91 Å². The number of methoxy groups -OCH3 is 1. The van der Waals surface area contributed by atoms with Crippen molar-refractivity contribution in [1.82, 2.24) is 10.6 Å². The van der Waals surface area contributed by atoms with Gasteiger partial charge in [0.2, 0.25) is 0 Å². The normalized spacial score (nSPS) is 9.67. The van der Waals surface area contributed by atoms with Crippen molar-refractivity contribution in [3.05, 3.63) is 35.4 Å². The second-order valence-corrected chi connectivity index (χ2v) is 3.80. The third-order valence-corrected chi connectivity index (χ3v) is 2.37. The van der Waals surface area contributed by atoms with Gasteiger partial charge in [0.15, 0.2) is 0 Å². The first-order valence-electron chi connectivity index (χ1n) is 5.86. The molecule has 2 N–H and O–H groups in total. The minimum atomic E-state index is -0.472. The molecule has 0 heterocycles. The van der Waals surface area contributed by atoms with E-state index in [1.807, 2.05) is 6.92 Å². The Morgan fingerprint density at radius 1 is 1.17 bits per heavy atom. The molecule has 5 nitrogen and oxygen atoms in total. The number of hydrogen-bond donors (Lipinski definition) is 2. The maximum atomic E-state index is 11.6. The molecule has 0 atom stereocenters. The Bertz CT molecular complexity index is 401. The van der Waals surface area contributed by atoms with Gasteiger partial charge in [-0.1, -0.05) is 19.1 Å².